The van der Waals surface area contributed by atoms with Gasteiger partial charge >= 0.3 is 6.18 Å². The van der Waals surface area contributed by atoms with Crippen LogP contribution in [0.5, 0.6) is 0 Å². The van der Waals surface area contributed by atoms with Gasteiger partial charge in [0.15, 0.2) is 5.78 Å². The molecule has 1 fully saturated rings. The summed E-state index contributed by atoms with van der Waals surface area (Å²) < 4.78 is 39.4. The van der Waals surface area contributed by atoms with Gasteiger partial charge in [-0.1, -0.05) is 31.5 Å². The Labute approximate surface area is 122 Å². The SMILES string of the molecule is CCCC1(C(=O)c2ccccc2C(F)(F)F)CCCNC1. The van der Waals surface area contributed by atoms with E-state index in [9.17, 15) is 18.0 Å². The first-order chi connectivity index (χ1) is 9.91. The number of hydrogen-bond donors (Lipinski definition) is 1. The second-order valence-corrected chi connectivity index (χ2v) is 5.68. The predicted molar refractivity (Wildman–Crippen MR) is 75.2 cm³/mol. The Balaban J connectivity index is 2.42. The number of benzene rings is 1. The lowest BCUT2D eigenvalue weighted by Gasteiger charge is -2.36. The number of ketones is 1. The van der Waals surface area contributed by atoms with Crippen molar-refractivity contribution in [2.45, 2.75) is 38.8 Å². The average molecular weight is 299 g/mol. The molecule has 21 heavy (non-hydrogen) atoms. The molecular formula is C16H20F3NO. The molecule has 1 aromatic carbocycles. The van der Waals surface area contributed by atoms with Crippen LogP contribution in [0.3, 0.4) is 0 Å². The molecular weight excluding hydrogens is 279 g/mol. The summed E-state index contributed by atoms with van der Waals surface area (Å²) in [7, 11) is 0. The molecule has 0 amide bonds. The standard InChI is InChI=1S/C16H20F3NO/c1-2-8-15(9-5-10-20-11-15)14(21)12-6-3-4-7-13(12)16(17,18)19/h3-4,6-7,20H,2,5,8-11H2,1H3. The van der Waals surface area contributed by atoms with Crippen LogP contribution < -0.4 is 5.32 Å². The third kappa shape index (κ3) is 3.28. The van der Waals surface area contributed by atoms with Crippen molar-refractivity contribution < 1.29 is 18.0 Å². The van der Waals surface area contributed by atoms with Gasteiger partial charge in [-0.25, -0.2) is 0 Å². The molecule has 1 saturated heterocycles. The van der Waals surface area contributed by atoms with Crippen LogP contribution in [-0.2, 0) is 6.18 Å². The summed E-state index contributed by atoms with van der Waals surface area (Å²) in [5.74, 6) is -0.371. The maximum atomic E-state index is 13.1. The average Bonchev–Trinajstić information content (AvgIpc) is 2.47. The zero-order valence-corrected chi connectivity index (χ0v) is 12.1. The zero-order valence-electron chi connectivity index (χ0n) is 12.1. The van der Waals surface area contributed by atoms with Crippen LogP contribution in [0.1, 0.15) is 48.5 Å². The van der Waals surface area contributed by atoms with Crippen molar-refractivity contribution in [1.82, 2.24) is 5.32 Å². The first kappa shape index (κ1) is 16.0. The lowest BCUT2D eigenvalue weighted by molar-refractivity contribution is -0.138. The molecule has 5 heteroatoms. The second kappa shape index (κ2) is 6.18. The fourth-order valence-corrected chi connectivity index (χ4v) is 3.18. The lowest BCUT2D eigenvalue weighted by Crippen LogP contribution is -2.46. The number of Topliss-reactive ketones (excluding diaryl/α,β-unsaturated/α-hetero) is 1. The van der Waals surface area contributed by atoms with E-state index in [1.165, 1.54) is 18.2 Å². The van der Waals surface area contributed by atoms with E-state index in [1.807, 2.05) is 6.92 Å². The van der Waals surface area contributed by atoms with E-state index in [0.29, 0.717) is 19.4 Å². The van der Waals surface area contributed by atoms with Gasteiger partial charge in [0.05, 0.1) is 5.56 Å². The molecule has 2 nitrogen and oxygen atoms in total. The van der Waals surface area contributed by atoms with Gasteiger partial charge in [-0.2, -0.15) is 13.2 Å². The Hall–Kier alpha value is -1.36. The topological polar surface area (TPSA) is 29.1 Å². The molecule has 1 heterocycles. The van der Waals surface area contributed by atoms with Crippen LogP contribution in [0.25, 0.3) is 0 Å². The number of alkyl halides is 3. The first-order valence-corrected chi connectivity index (χ1v) is 7.32. The maximum absolute atomic E-state index is 13.1. The van der Waals surface area contributed by atoms with Crippen molar-refractivity contribution in [1.29, 1.82) is 0 Å². The van der Waals surface area contributed by atoms with Crippen molar-refractivity contribution in [3.63, 3.8) is 0 Å². The minimum Gasteiger partial charge on any atom is -0.316 e. The van der Waals surface area contributed by atoms with Crippen LogP contribution in [0.15, 0.2) is 24.3 Å². The van der Waals surface area contributed by atoms with E-state index in [4.69, 9.17) is 0 Å². The largest absolute Gasteiger partial charge is 0.417 e. The Bertz CT molecular complexity index is 499. The third-order valence-electron chi connectivity index (χ3n) is 4.16. The monoisotopic (exact) mass is 299 g/mol. The van der Waals surface area contributed by atoms with Crippen LogP contribution in [0.2, 0.25) is 0 Å². The van der Waals surface area contributed by atoms with Gasteiger partial charge in [0.25, 0.3) is 0 Å². The molecule has 1 unspecified atom stereocenters. The number of carbonyl (C=O) groups is 1. The number of halogens is 3. The summed E-state index contributed by atoms with van der Waals surface area (Å²) in [6.07, 6.45) is -1.63. The summed E-state index contributed by atoms with van der Waals surface area (Å²) in [6.45, 7) is 3.24. The fourth-order valence-electron chi connectivity index (χ4n) is 3.18. The second-order valence-electron chi connectivity index (χ2n) is 5.68. The molecule has 0 aliphatic carbocycles. The van der Waals surface area contributed by atoms with Crippen LogP contribution in [0, 0.1) is 5.41 Å². The molecule has 2 rings (SSSR count). The van der Waals surface area contributed by atoms with E-state index in [0.717, 1.165) is 25.5 Å². The van der Waals surface area contributed by atoms with Gasteiger partial charge < -0.3 is 5.32 Å². The molecule has 1 aliphatic heterocycles. The summed E-state index contributed by atoms with van der Waals surface area (Å²) in [5, 5.41) is 3.17. The molecule has 1 aliphatic rings. The molecule has 0 aromatic heterocycles. The van der Waals surface area contributed by atoms with E-state index >= 15 is 0 Å². The van der Waals surface area contributed by atoms with Crippen molar-refractivity contribution >= 4 is 5.78 Å². The summed E-state index contributed by atoms with van der Waals surface area (Å²) >= 11 is 0. The molecule has 1 aromatic rings. The van der Waals surface area contributed by atoms with Gasteiger partial charge in [0.2, 0.25) is 0 Å². The zero-order chi connectivity index (χ0) is 15.5. The van der Waals surface area contributed by atoms with Gasteiger partial charge in [-0.05, 0) is 31.9 Å². The number of rotatable bonds is 4. The minimum absolute atomic E-state index is 0.192. The fraction of sp³-hybridized carbons (Fsp3) is 0.562. The first-order valence-electron chi connectivity index (χ1n) is 7.32. The van der Waals surface area contributed by atoms with Gasteiger partial charge in [0.1, 0.15) is 0 Å². The highest BCUT2D eigenvalue weighted by Crippen LogP contribution is 2.39. The summed E-state index contributed by atoms with van der Waals surface area (Å²) in [6, 6.07) is 5.11. The molecule has 0 saturated carbocycles. The highest BCUT2D eigenvalue weighted by molar-refractivity contribution is 6.02. The smallest absolute Gasteiger partial charge is 0.316 e. The Morgan fingerprint density at radius 3 is 2.62 bits per heavy atom. The van der Waals surface area contributed by atoms with Crippen molar-refractivity contribution in [3.8, 4) is 0 Å². The van der Waals surface area contributed by atoms with E-state index in [1.54, 1.807) is 0 Å². The third-order valence-corrected chi connectivity index (χ3v) is 4.16. The van der Waals surface area contributed by atoms with E-state index in [2.05, 4.69) is 5.32 Å². The summed E-state index contributed by atoms with van der Waals surface area (Å²) in [4.78, 5) is 12.8. The molecule has 1 N–H and O–H groups in total. The van der Waals surface area contributed by atoms with Gasteiger partial charge in [-0.3, -0.25) is 4.79 Å². The molecule has 0 radical (unpaired) electrons. The Morgan fingerprint density at radius 1 is 1.33 bits per heavy atom. The van der Waals surface area contributed by atoms with Gasteiger partial charge in [0, 0.05) is 17.5 Å². The normalized spacial score (nSPS) is 23.0. The van der Waals surface area contributed by atoms with Crippen molar-refractivity contribution in [2.24, 2.45) is 5.41 Å². The summed E-state index contributed by atoms with van der Waals surface area (Å²) in [5.41, 5.74) is -1.72. The molecule has 116 valence electrons. The number of hydrogen-bond acceptors (Lipinski definition) is 2. The van der Waals surface area contributed by atoms with Crippen molar-refractivity contribution in [3.05, 3.63) is 35.4 Å². The van der Waals surface area contributed by atoms with E-state index in [-0.39, 0.29) is 11.3 Å². The van der Waals surface area contributed by atoms with Crippen LogP contribution >= 0.6 is 0 Å². The van der Waals surface area contributed by atoms with Crippen LogP contribution in [-0.4, -0.2) is 18.9 Å². The van der Waals surface area contributed by atoms with Gasteiger partial charge in [-0.15, -0.1) is 0 Å². The minimum atomic E-state index is -4.50. The van der Waals surface area contributed by atoms with Crippen molar-refractivity contribution in [2.75, 3.05) is 13.1 Å². The number of nitrogens with one attached hydrogen (secondary N) is 1. The Morgan fingerprint density at radius 2 is 2.05 bits per heavy atom. The number of carbonyl (C=O) groups excluding carboxylic acids is 1. The molecule has 1 atom stereocenters. The quantitative estimate of drug-likeness (QED) is 0.850. The predicted octanol–water partition coefficient (Wildman–Crippen LogP) is 4.06. The molecule has 0 bridgehead atoms. The van der Waals surface area contributed by atoms with E-state index < -0.39 is 17.2 Å². The molecule has 0 spiro atoms. The maximum Gasteiger partial charge on any atom is 0.417 e. The highest BCUT2D eigenvalue weighted by atomic mass is 19.4. The van der Waals surface area contributed by atoms with Crippen LogP contribution in [0.4, 0.5) is 13.2 Å². The highest BCUT2D eigenvalue weighted by Gasteiger charge is 2.43. The lowest BCUT2D eigenvalue weighted by atomic mass is 9.71. The number of piperidine rings is 1. The Kier molecular flexibility index (Phi) is 4.71.